The summed E-state index contributed by atoms with van der Waals surface area (Å²) in [6.45, 7) is 8.25. The monoisotopic (exact) mass is 345 g/mol. The molecule has 0 bridgehead atoms. The molecule has 0 saturated heterocycles. The SMILES string of the molecule is CC(C)N(C)Cc1cnc2n1CCN(C(=O)c1ccncc1F)[C@@H]2C. The summed E-state index contributed by atoms with van der Waals surface area (Å²) in [5.74, 6) is -0.0587. The lowest BCUT2D eigenvalue weighted by Gasteiger charge is -2.35. The Labute approximate surface area is 147 Å². The zero-order valence-electron chi connectivity index (χ0n) is 15.1. The van der Waals surface area contributed by atoms with Crippen LogP contribution in [0.5, 0.6) is 0 Å². The van der Waals surface area contributed by atoms with E-state index in [0.717, 1.165) is 24.3 Å². The van der Waals surface area contributed by atoms with Gasteiger partial charge in [0.1, 0.15) is 5.82 Å². The first-order chi connectivity index (χ1) is 11.9. The van der Waals surface area contributed by atoms with Crippen molar-refractivity contribution in [3.8, 4) is 0 Å². The largest absolute Gasteiger partial charge is 0.327 e. The van der Waals surface area contributed by atoms with Crippen molar-refractivity contribution in [2.75, 3.05) is 13.6 Å². The molecular weight excluding hydrogens is 321 g/mol. The lowest BCUT2D eigenvalue weighted by molar-refractivity contribution is 0.0630. The van der Waals surface area contributed by atoms with Crippen molar-refractivity contribution in [1.82, 2.24) is 24.3 Å². The second kappa shape index (κ2) is 6.92. The highest BCUT2D eigenvalue weighted by Gasteiger charge is 2.32. The zero-order valence-corrected chi connectivity index (χ0v) is 15.1. The van der Waals surface area contributed by atoms with Crippen molar-refractivity contribution in [3.63, 3.8) is 0 Å². The van der Waals surface area contributed by atoms with Crippen LogP contribution < -0.4 is 0 Å². The highest BCUT2D eigenvalue weighted by molar-refractivity contribution is 5.94. The van der Waals surface area contributed by atoms with Gasteiger partial charge in [-0.1, -0.05) is 0 Å². The summed E-state index contributed by atoms with van der Waals surface area (Å²) >= 11 is 0. The maximum atomic E-state index is 13.9. The number of carbonyl (C=O) groups excluding carboxylic acids is 1. The van der Waals surface area contributed by atoms with Gasteiger partial charge < -0.3 is 9.47 Å². The Morgan fingerprint density at radius 2 is 2.16 bits per heavy atom. The number of rotatable bonds is 4. The highest BCUT2D eigenvalue weighted by atomic mass is 19.1. The summed E-state index contributed by atoms with van der Waals surface area (Å²) in [4.78, 5) is 24.9. The van der Waals surface area contributed by atoms with Crippen molar-refractivity contribution in [1.29, 1.82) is 0 Å². The average molecular weight is 345 g/mol. The lowest BCUT2D eigenvalue weighted by Crippen LogP contribution is -2.42. The third-order valence-electron chi connectivity index (χ3n) is 4.93. The van der Waals surface area contributed by atoms with Crippen LogP contribution in [0.4, 0.5) is 4.39 Å². The average Bonchev–Trinajstić information content (AvgIpc) is 2.99. The number of fused-ring (bicyclic) bond motifs is 1. The van der Waals surface area contributed by atoms with Gasteiger partial charge in [-0.2, -0.15) is 0 Å². The van der Waals surface area contributed by atoms with E-state index in [0.29, 0.717) is 19.1 Å². The molecule has 0 spiro atoms. The number of aromatic nitrogens is 3. The van der Waals surface area contributed by atoms with Crippen LogP contribution in [0.25, 0.3) is 0 Å². The van der Waals surface area contributed by atoms with Crippen molar-refractivity contribution >= 4 is 5.91 Å². The van der Waals surface area contributed by atoms with Crippen LogP contribution in [0.2, 0.25) is 0 Å². The first kappa shape index (κ1) is 17.5. The minimum absolute atomic E-state index is 0.0571. The molecule has 0 aliphatic carbocycles. The van der Waals surface area contributed by atoms with Crippen molar-refractivity contribution < 1.29 is 9.18 Å². The molecule has 3 rings (SSSR count). The minimum atomic E-state index is -0.590. The van der Waals surface area contributed by atoms with Gasteiger partial charge in [-0.25, -0.2) is 9.37 Å². The van der Waals surface area contributed by atoms with E-state index in [1.165, 1.54) is 12.3 Å². The third kappa shape index (κ3) is 3.28. The van der Waals surface area contributed by atoms with Gasteiger partial charge in [-0.15, -0.1) is 0 Å². The Hall–Kier alpha value is -2.28. The number of pyridine rings is 1. The summed E-state index contributed by atoms with van der Waals surface area (Å²) in [7, 11) is 2.08. The fraction of sp³-hybridized carbons (Fsp3) is 0.500. The van der Waals surface area contributed by atoms with Gasteiger partial charge in [-0.05, 0) is 33.9 Å². The number of carbonyl (C=O) groups is 1. The molecule has 2 aromatic heterocycles. The quantitative estimate of drug-likeness (QED) is 0.854. The van der Waals surface area contributed by atoms with Crippen LogP contribution in [0, 0.1) is 5.82 Å². The van der Waals surface area contributed by atoms with Crippen LogP contribution in [0.3, 0.4) is 0 Å². The topological polar surface area (TPSA) is 54.3 Å². The molecule has 1 aliphatic heterocycles. The number of hydrogen-bond acceptors (Lipinski definition) is 4. The summed E-state index contributed by atoms with van der Waals surface area (Å²) in [5.41, 5.74) is 1.20. The summed E-state index contributed by atoms with van der Waals surface area (Å²) in [6.07, 6.45) is 4.39. The van der Waals surface area contributed by atoms with Crippen LogP contribution >= 0.6 is 0 Å². The van der Waals surface area contributed by atoms with Crippen molar-refractivity contribution in [2.24, 2.45) is 0 Å². The standard InChI is InChI=1S/C18H24FN5O/c1-12(2)22(4)11-14-9-21-17-13(3)23(7-8-24(14)17)18(25)15-5-6-20-10-16(15)19/h5-6,9-10,12-13H,7-8,11H2,1-4H3/t13-/m1/s1. The molecule has 0 fully saturated rings. The summed E-state index contributed by atoms with van der Waals surface area (Å²) in [6, 6.07) is 1.67. The van der Waals surface area contributed by atoms with Crippen molar-refractivity contribution in [3.05, 3.63) is 47.6 Å². The Morgan fingerprint density at radius 1 is 1.40 bits per heavy atom. The van der Waals surface area contributed by atoms with Crippen LogP contribution in [0.1, 0.15) is 48.7 Å². The Balaban J connectivity index is 1.83. The van der Waals surface area contributed by atoms with Gasteiger partial charge in [0.05, 0.1) is 23.5 Å². The molecule has 2 aromatic rings. The molecule has 3 heterocycles. The second-order valence-electron chi connectivity index (χ2n) is 6.80. The summed E-state index contributed by atoms with van der Waals surface area (Å²) < 4.78 is 16.1. The third-order valence-corrected chi connectivity index (χ3v) is 4.93. The number of imidazole rings is 1. The highest BCUT2D eigenvalue weighted by Crippen LogP contribution is 2.27. The maximum Gasteiger partial charge on any atom is 0.257 e. The molecule has 6 nitrogen and oxygen atoms in total. The van der Waals surface area contributed by atoms with Crippen molar-refractivity contribution in [2.45, 2.75) is 45.9 Å². The van der Waals surface area contributed by atoms with E-state index in [9.17, 15) is 9.18 Å². The van der Waals surface area contributed by atoms with Gasteiger partial charge in [0.25, 0.3) is 5.91 Å². The van der Waals surface area contributed by atoms with E-state index < -0.39 is 5.82 Å². The molecule has 1 aliphatic rings. The molecule has 134 valence electrons. The van der Waals surface area contributed by atoms with E-state index in [1.807, 2.05) is 13.1 Å². The van der Waals surface area contributed by atoms with E-state index in [-0.39, 0.29) is 17.5 Å². The van der Waals surface area contributed by atoms with Crippen LogP contribution in [-0.4, -0.2) is 49.9 Å². The van der Waals surface area contributed by atoms with E-state index in [4.69, 9.17) is 0 Å². The molecule has 0 saturated carbocycles. The Bertz CT molecular complexity index is 773. The first-order valence-corrected chi connectivity index (χ1v) is 8.55. The fourth-order valence-electron chi connectivity index (χ4n) is 3.10. The Kier molecular flexibility index (Phi) is 4.85. The van der Waals surface area contributed by atoms with Crippen LogP contribution in [-0.2, 0) is 13.1 Å². The second-order valence-corrected chi connectivity index (χ2v) is 6.80. The predicted octanol–water partition coefficient (Wildman–Crippen LogP) is 2.47. The first-order valence-electron chi connectivity index (χ1n) is 8.55. The van der Waals surface area contributed by atoms with Gasteiger partial charge in [0.15, 0.2) is 5.82 Å². The predicted molar refractivity (Wildman–Crippen MR) is 92.5 cm³/mol. The van der Waals surface area contributed by atoms with E-state index >= 15 is 0 Å². The number of halogens is 1. The molecule has 25 heavy (non-hydrogen) atoms. The minimum Gasteiger partial charge on any atom is -0.327 e. The molecule has 7 heteroatoms. The molecule has 0 unspecified atom stereocenters. The van der Waals surface area contributed by atoms with Gasteiger partial charge >= 0.3 is 0 Å². The van der Waals surface area contributed by atoms with Gasteiger partial charge in [-0.3, -0.25) is 14.7 Å². The molecule has 0 aromatic carbocycles. The maximum absolute atomic E-state index is 13.9. The molecule has 0 radical (unpaired) electrons. The fourth-order valence-corrected chi connectivity index (χ4v) is 3.10. The molecular formula is C18H24FN5O. The summed E-state index contributed by atoms with van der Waals surface area (Å²) in [5, 5.41) is 0. The van der Waals surface area contributed by atoms with Crippen LogP contribution in [0.15, 0.2) is 24.7 Å². The number of nitrogens with zero attached hydrogens (tertiary/aromatic N) is 5. The lowest BCUT2D eigenvalue weighted by atomic mass is 10.1. The van der Waals surface area contributed by atoms with E-state index in [2.05, 4.69) is 40.3 Å². The molecule has 0 N–H and O–H groups in total. The normalized spacial score (nSPS) is 17.2. The molecule has 1 amide bonds. The number of amides is 1. The van der Waals surface area contributed by atoms with E-state index in [1.54, 1.807) is 4.90 Å². The molecule has 1 atom stereocenters. The van der Waals surface area contributed by atoms with Gasteiger partial charge in [0.2, 0.25) is 0 Å². The smallest absolute Gasteiger partial charge is 0.257 e. The van der Waals surface area contributed by atoms with Gasteiger partial charge in [0, 0.05) is 38.1 Å². The number of hydrogen-bond donors (Lipinski definition) is 0. The zero-order chi connectivity index (χ0) is 18.1. The Morgan fingerprint density at radius 3 is 2.84 bits per heavy atom.